The van der Waals surface area contributed by atoms with Gasteiger partial charge in [0, 0.05) is 32.1 Å². The van der Waals surface area contributed by atoms with Crippen LogP contribution in [0.4, 0.5) is 0 Å². The van der Waals surface area contributed by atoms with Crippen molar-refractivity contribution in [3.05, 3.63) is 0 Å². The highest BCUT2D eigenvalue weighted by molar-refractivity contribution is 5.87. The second kappa shape index (κ2) is 6.12. The van der Waals surface area contributed by atoms with Crippen LogP contribution in [-0.2, 0) is 9.59 Å². The van der Waals surface area contributed by atoms with Crippen LogP contribution in [0.2, 0.25) is 0 Å². The van der Waals surface area contributed by atoms with E-state index >= 15 is 0 Å². The Hall–Kier alpha value is -0.940. The number of hydrogen-bond donors (Lipinski definition) is 1. The van der Waals surface area contributed by atoms with E-state index in [9.17, 15) is 9.59 Å². The van der Waals surface area contributed by atoms with Crippen molar-refractivity contribution in [1.29, 1.82) is 0 Å². The van der Waals surface area contributed by atoms with Crippen molar-refractivity contribution < 1.29 is 9.59 Å². The number of imide groups is 1. The number of hydrogen-bond acceptors (Lipinski definition) is 4. The number of nitrogens with zero attached hydrogens (tertiary/aromatic N) is 2. The van der Waals surface area contributed by atoms with Gasteiger partial charge in [0.05, 0.1) is 0 Å². The van der Waals surface area contributed by atoms with Gasteiger partial charge in [-0.1, -0.05) is 19.3 Å². The first kappa shape index (κ1) is 12.5. The second-order valence-corrected chi connectivity index (χ2v) is 4.78. The van der Waals surface area contributed by atoms with E-state index in [-0.39, 0.29) is 11.8 Å². The van der Waals surface area contributed by atoms with Crippen LogP contribution < -0.4 is 5.32 Å². The van der Waals surface area contributed by atoms with Gasteiger partial charge < -0.3 is 5.32 Å². The number of rotatable bonds is 3. The molecule has 0 aromatic carbocycles. The van der Waals surface area contributed by atoms with E-state index in [1.165, 1.54) is 11.4 Å². The monoisotopic (exact) mass is 238 g/mol. The van der Waals surface area contributed by atoms with E-state index in [2.05, 4.69) is 5.32 Å². The van der Waals surface area contributed by atoms with Crippen molar-refractivity contribution in [3.63, 3.8) is 0 Å². The third-order valence-corrected chi connectivity index (χ3v) is 3.63. The predicted octanol–water partition coefficient (Wildman–Crippen LogP) is 0.283. The molecule has 1 heterocycles. The maximum absolute atomic E-state index is 12.2. The summed E-state index contributed by atoms with van der Waals surface area (Å²) < 4.78 is 0. The fraction of sp³-hybridized carbons (Fsp3) is 0.833. The third-order valence-electron chi connectivity index (χ3n) is 3.63. The molecule has 0 spiro atoms. The fourth-order valence-corrected chi connectivity index (χ4v) is 2.62. The van der Waals surface area contributed by atoms with Crippen LogP contribution in [0, 0.1) is 5.92 Å². The summed E-state index contributed by atoms with van der Waals surface area (Å²) in [6.45, 7) is 3.04. The summed E-state index contributed by atoms with van der Waals surface area (Å²) in [6, 6.07) is 0. The molecule has 95 valence electrons. The number of piperazine rings is 1. The van der Waals surface area contributed by atoms with Crippen LogP contribution >= 0.6 is 0 Å². The Bertz CT molecular complexity index is 271. The highest BCUT2D eigenvalue weighted by Crippen LogP contribution is 2.25. The molecule has 5 nitrogen and oxygen atoms in total. The summed E-state index contributed by atoms with van der Waals surface area (Å²) in [4.78, 5) is 23.2. The number of amides is 2. The van der Waals surface area contributed by atoms with Crippen molar-refractivity contribution in [2.24, 2.45) is 5.92 Å². The molecule has 0 unspecified atom stereocenters. The zero-order valence-electron chi connectivity index (χ0n) is 10.2. The molecule has 2 rings (SSSR count). The Morgan fingerprint density at radius 2 is 1.82 bits per heavy atom. The molecular weight excluding hydrogens is 218 g/mol. The molecule has 0 aromatic rings. The van der Waals surface area contributed by atoms with Crippen molar-refractivity contribution in [2.75, 3.05) is 26.2 Å². The van der Waals surface area contributed by atoms with Crippen LogP contribution in [0.15, 0.2) is 0 Å². The third kappa shape index (κ3) is 3.04. The average Bonchev–Trinajstić information content (AvgIpc) is 2.42. The molecule has 5 heteroatoms. The van der Waals surface area contributed by atoms with Gasteiger partial charge in [0.25, 0.3) is 0 Å². The van der Waals surface area contributed by atoms with Gasteiger partial charge in [-0.3, -0.25) is 9.59 Å². The quantitative estimate of drug-likeness (QED) is 0.718. The van der Waals surface area contributed by atoms with Gasteiger partial charge in [-0.15, -0.1) is 0 Å². The summed E-state index contributed by atoms with van der Waals surface area (Å²) in [6.07, 6.45) is 7.05. The molecule has 1 saturated heterocycles. The first-order valence-corrected chi connectivity index (χ1v) is 6.50. The Morgan fingerprint density at radius 3 is 2.41 bits per heavy atom. The van der Waals surface area contributed by atoms with E-state index < -0.39 is 0 Å². The number of hydrazine groups is 1. The number of carbonyl (C=O) groups excluding carboxylic acids is 2. The number of nitrogens with one attached hydrogen (secondary N) is 1. The topological polar surface area (TPSA) is 52.7 Å². The van der Waals surface area contributed by atoms with Crippen molar-refractivity contribution >= 4 is 12.3 Å². The lowest BCUT2D eigenvalue weighted by Gasteiger charge is -2.35. The minimum Gasteiger partial charge on any atom is -0.314 e. The van der Waals surface area contributed by atoms with E-state index in [1.54, 1.807) is 11.4 Å². The first-order valence-electron chi connectivity index (χ1n) is 6.50. The zero-order chi connectivity index (χ0) is 12.1. The highest BCUT2D eigenvalue weighted by atomic mass is 16.2. The molecule has 0 atom stereocenters. The standard InChI is InChI=1S/C12H20N3O2/c16-10-15(14-8-6-13-7-9-14)12(17)11-4-2-1-3-5-11/h11,13H,1-9H2. The molecule has 2 amide bonds. The summed E-state index contributed by atoms with van der Waals surface area (Å²) in [5.41, 5.74) is 0. The maximum Gasteiger partial charge on any atom is 0.335 e. The van der Waals surface area contributed by atoms with Crippen molar-refractivity contribution in [2.45, 2.75) is 32.1 Å². The van der Waals surface area contributed by atoms with E-state index in [4.69, 9.17) is 0 Å². The lowest BCUT2D eigenvalue weighted by molar-refractivity contribution is -0.145. The molecule has 0 bridgehead atoms. The van der Waals surface area contributed by atoms with E-state index in [1.807, 2.05) is 0 Å². The maximum atomic E-state index is 12.2. The molecule has 1 N–H and O–H groups in total. The molecule has 1 radical (unpaired) electrons. The minimum atomic E-state index is -0.0541. The summed E-state index contributed by atoms with van der Waals surface area (Å²) in [7, 11) is 0. The lowest BCUT2D eigenvalue weighted by Crippen LogP contribution is -2.55. The van der Waals surface area contributed by atoms with Gasteiger partial charge in [0.15, 0.2) is 0 Å². The van der Waals surface area contributed by atoms with Gasteiger partial charge in [0.2, 0.25) is 5.91 Å². The van der Waals surface area contributed by atoms with Gasteiger partial charge >= 0.3 is 6.41 Å². The second-order valence-electron chi connectivity index (χ2n) is 4.78. The van der Waals surface area contributed by atoms with Crippen LogP contribution in [0.5, 0.6) is 0 Å². The van der Waals surface area contributed by atoms with Crippen molar-refractivity contribution in [1.82, 2.24) is 15.3 Å². The predicted molar refractivity (Wildman–Crippen MR) is 63.6 cm³/mol. The molecule has 1 aliphatic heterocycles. The molecule has 2 aliphatic rings. The minimum absolute atomic E-state index is 0.0279. The van der Waals surface area contributed by atoms with Gasteiger partial charge in [-0.05, 0) is 12.8 Å². The van der Waals surface area contributed by atoms with Crippen LogP contribution in [0.25, 0.3) is 0 Å². The average molecular weight is 238 g/mol. The molecular formula is C12H20N3O2. The van der Waals surface area contributed by atoms with Crippen LogP contribution in [-0.4, -0.2) is 48.5 Å². The van der Waals surface area contributed by atoms with E-state index in [0.717, 1.165) is 38.8 Å². The van der Waals surface area contributed by atoms with Gasteiger partial charge in [-0.25, -0.2) is 10.0 Å². The van der Waals surface area contributed by atoms with E-state index in [0.29, 0.717) is 13.1 Å². The van der Waals surface area contributed by atoms with Crippen LogP contribution in [0.1, 0.15) is 32.1 Å². The zero-order valence-corrected chi connectivity index (χ0v) is 10.2. The molecule has 17 heavy (non-hydrogen) atoms. The summed E-state index contributed by atoms with van der Waals surface area (Å²) in [5, 5.41) is 6.20. The summed E-state index contributed by atoms with van der Waals surface area (Å²) in [5.74, 6) is -0.0262. The lowest BCUT2D eigenvalue weighted by atomic mass is 9.88. The highest BCUT2D eigenvalue weighted by Gasteiger charge is 2.30. The van der Waals surface area contributed by atoms with Crippen molar-refractivity contribution in [3.8, 4) is 0 Å². The molecule has 0 aromatic heterocycles. The van der Waals surface area contributed by atoms with Gasteiger partial charge in [0.1, 0.15) is 0 Å². The fourth-order valence-electron chi connectivity index (χ4n) is 2.62. The van der Waals surface area contributed by atoms with Gasteiger partial charge in [-0.2, -0.15) is 0 Å². The smallest absolute Gasteiger partial charge is 0.314 e. The Morgan fingerprint density at radius 1 is 1.18 bits per heavy atom. The molecule has 1 aliphatic carbocycles. The Labute approximate surface area is 102 Å². The first-order chi connectivity index (χ1) is 8.33. The Balaban J connectivity index is 1.95. The van der Waals surface area contributed by atoms with Crippen LogP contribution in [0.3, 0.4) is 0 Å². The Kier molecular flexibility index (Phi) is 4.50. The molecule has 1 saturated carbocycles. The SMILES string of the molecule is O=[C]N(C(=O)C1CCCCC1)N1CCNCC1. The molecule has 2 fully saturated rings. The number of carbonyl (C=O) groups is 1. The largest absolute Gasteiger partial charge is 0.335 e. The summed E-state index contributed by atoms with van der Waals surface area (Å²) >= 11 is 0. The normalized spacial score (nSPS) is 23.3.